The van der Waals surface area contributed by atoms with Crippen molar-refractivity contribution >= 4 is 0 Å². The van der Waals surface area contributed by atoms with Gasteiger partial charge >= 0.3 is 0 Å². The third-order valence-corrected chi connectivity index (χ3v) is 4.40. The summed E-state index contributed by atoms with van der Waals surface area (Å²) in [5, 5.41) is 8.42. The quantitative estimate of drug-likeness (QED) is 0.692. The number of hydrogen-bond donors (Lipinski definition) is 0. The maximum atomic E-state index is 4.24. The molecule has 3 heteroatoms. The molecule has 0 radical (unpaired) electrons. The first-order chi connectivity index (χ1) is 8.58. The second-order valence-electron chi connectivity index (χ2n) is 6.45. The van der Waals surface area contributed by atoms with Gasteiger partial charge in [0.05, 0.1) is 5.69 Å². The van der Waals surface area contributed by atoms with E-state index < -0.39 is 0 Å². The van der Waals surface area contributed by atoms with Crippen molar-refractivity contribution in [3.8, 4) is 0 Å². The Bertz CT molecular complexity index is 362. The smallest absolute Gasteiger partial charge is 0.0827 e. The maximum absolute atomic E-state index is 4.24. The van der Waals surface area contributed by atoms with Crippen LogP contribution < -0.4 is 0 Å². The van der Waals surface area contributed by atoms with E-state index in [0.717, 1.165) is 36.4 Å². The van der Waals surface area contributed by atoms with E-state index in [1.165, 1.54) is 19.3 Å². The highest BCUT2D eigenvalue weighted by Gasteiger charge is 2.41. The SMILES string of the molecule is CC(C)Cn1cc(CCCCC2C(C)C2C)nn1. The lowest BCUT2D eigenvalue weighted by Gasteiger charge is -2.02. The topological polar surface area (TPSA) is 30.7 Å². The van der Waals surface area contributed by atoms with Gasteiger partial charge in [-0.15, -0.1) is 5.10 Å². The first kappa shape index (κ1) is 13.6. The van der Waals surface area contributed by atoms with Crippen molar-refractivity contribution in [3.63, 3.8) is 0 Å². The highest BCUT2D eigenvalue weighted by molar-refractivity contribution is 4.93. The van der Waals surface area contributed by atoms with E-state index in [4.69, 9.17) is 0 Å². The molecule has 1 aromatic rings. The molecule has 0 aromatic carbocycles. The molecule has 2 unspecified atom stereocenters. The number of nitrogens with zero attached hydrogens (tertiary/aromatic N) is 3. The van der Waals surface area contributed by atoms with Gasteiger partial charge < -0.3 is 0 Å². The average molecular weight is 249 g/mol. The molecule has 102 valence electrons. The van der Waals surface area contributed by atoms with Crippen LogP contribution in [0.5, 0.6) is 0 Å². The predicted molar refractivity (Wildman–Crippen MR) is 74.2 cm³/mol. The monoisotopic (exact) mass is 249 g/mol. The maximum Gasteiger partial charge on any atom is 0.0827 e. The summed E-state index contributed by atoms with van der Waals surface area (Å²) in [6.07, 6.45) is 7.21. The predicted octanol–water partition coefficient (Wildman–Crippen LogP) is 3.55. The van der Waals surface area contributed by atoms with Gasteiger partial charge in [0.2, 0.25) is 0 Å². The standard InChI is InChI=1S/C15H27N3/c1-11(2)9-18-10-14(16-17-18)7-5-6-8-15-12(3)13(15)4/h10-13,15H,5-9H2,1-4H3. The fourth-order valence-corrected chi connectivity index (χ4v) is 2.89. The number of rotatable bonds is 7. The Labute approximate surface area is 111 Å². The van der Waals surface area contributed by atoms with Gasteiger partial charge in [-0.05, 0) is 42.9 Å². The Hall–Kier alpha value is -0.860. The Morgan fingerprint density at radius 2 is 1.94 bits per heavy atom. The van der Waals surface area contributed by atoms with Crippen LogP contribution in [0.4, 0.5) is 0 Å². The van der Waals surface area contributed by atoms with Crippen LogP contribution in [-0.4, -0.2) is 15.0 Å². The van der Waals surface area contributed by atoms with Gasteiger partial charge in [-0.3, -0.25) is 4.68 Å². The second-order valence-corrected chi connectivity index (χ2v) is 6.45. The molecule has 0 spiro atoms. The van der Waals surface area contributed by atoms with E-state index in [-0.39, 0.29) is 0 Å². The van der Waals surface area contributed by atoms with Crippen LogP contribution in [0.1, 0.15) is 52.7 Å². The third-order valence-electron chi connectivity index (χ3n) is 4.40. The lowest BCUT2D eigenvalue weighted by molar-refractivity contribution is 0.472. The molecule has 1 fully saturated rings. The van der Waals surface area contributed by atoms with E-state index in [1.807, 2.05) is 4.68 Å². The van der Waals surface area contributed by atoms with E-state index in [9.17, 15) is 0 Å². The minimum Gasteiger partial charge on any atom is -0.252 e. The number of aryl methyl sites for hydroxylation is 1. The van der Waals surface area contributed by atoms with Crippen LogP contribution in [0.2, 0.25) is 0 Å². The van der Waals surface area contributed by atoms with Gasteiger partial charge in [-0.25, -0.2) is 0 Å². The minimum absolute atomic E-state index is 0.636. The molecule has 18 heavy (non-hydrogen) atoms. The molecule has 2 atom stereocenters. The molecule has 1 heterocycles. The normalized spacial score (nSPS) is 26.8. The van der Waals surface area contributed by atoms with Gasteiger partial charge in [-0.2, -0.15) is 0 Å². The van der Waals surface area contributed by atoms with Crippen molar-refractivity contribution in [3.05, 3.63) is 11.9 Å². The van der Waals surface area contributed by atoms with Crippen LogP contribution in [0.3, 0.4) is 0 Å². The fraction of sp³-hybridized carbons (Fsp3) is 0.867. The molecule has 0 bridgehead atoms. The first-order valence-corrected chi connectivity index (χ1v) is 7.47. The summed E-state index contributed by atoms with van der Waals surface area (Å²) < 4.78 is 1.98. The fourth-order valence-electron chi connectivity index (χ4n) is 2.89. The summed E-state index contributed by atoms with van der Waals surface area (Å²) in [5.74, 6) is 3.58. The molecular weight excluding hydrogens is 222 g/mol. The third kappa shape index (κ3) is 3.56. The van der Waals surface area contributed by atoms with Gasteiger partial charge in [0.15, 0.2) is 0 Å². The van der Waals surface area contributed by atoms with Crippen molar-refractivity contribution in [1.29, 1.82) is 0 Å². The molecule has 0 N–H and O–H groups in total. The molecule has 0 aliphatic heterocycles. The van der Waals surface area contributed by atoms with Gasteiger partial charge in [0, 0.05) is 12.7 Å². The van der Waals surface area contributed by atoms with Crippen LogP contribution in [-0.2, 0) is 13.0 Å². The molecule has 3 nitrogen and oxygen atoms in total. The summed E-state index contributed by atoms with van der Waals surface area (Å²) >= 11 is 0. The molecule has 1 aromatic heterocycles. The summed E-state index contributed by atoms with van der Waals surface area (Å²) in [4.78, 5) is 0. The Morgan fingerprint density at radius 1 is 1.22 bits per heavy atom. The Kier molecular flexibility index (Phi) is 4.41. The zero-order chi connectivity index (χ0) is 13.1. The van der Waals surface area contributed by atoms with E-state index in [1.54, 1.807) is 0 Å². The van der Waals surface area contributed by atoms with Crippen molar-refractivity contribution in [2.75, 3.05) is 0 Å². The van der Waals surface area contributed by atoms with Crippen molar-refractivity contribution in [1.82, 2.24) is 15.0 Å². The van der Waals surface area contributed by atoms with Crippen molar-refractivity contribution in [2.45, 2.75) is 59.9 Å². The molecule has 2 rings (SSSR count). The van der Waals surface area contributed by atoms with Crippen LogP contribution in [0.15, 0.2) is 6.20 Å². The van der Waals surface area contributed by atoms with Gasteiger partial charge in [0.1, 0.15) is 0 Å². The first-order valence-electron chi connectivity index (χ1n) is 7.47. The summed E-state index contributed by atoms with van der Waals surface area (Å²) in [5.41, 5.74) is 1.16. The molecule has 0 saturated heterocycles. The number of aromatic nitrogens is 3. The molecule has 1 aliphatic rings. The Balaban J connectivity index is 1.63. The van der Waals surface area contributed by atoms with Crippen LogP contribution in [0.25, 0.3) is 0 Å². The summed E-state index contributed by atoms with van der Waals surface area (Å²) in [6, 6.07) is 0. The van der Waals surface area contributed by atoms with Crippen LogP contribution in [0, 0.1) is 23.7 Å². The van der Waals surface area contributed by atoms with Crippen molar-refractivity contribution in [2.24, 2.45) is 23.7 Å². The molecular formula is C15H27N3. The van der Waals surface area contributed by atoms with Crippen molar-refractivity contribution < 1.29 is 0 Å². The van der Waals surface area contributed by atoms with Gasteiger partial charge in [-0.1, -0.05) is 39.3 Å². The summed E-state index contributed by atoms with van der Waals surface area (Å²) in [6.45, 7) is 10.2. The minimum atomic E-state index is 0.636. The molecule has 1 saturated carbocycles. The largest absolute Gasteiger partial charge is 0.252 e. The lowest BCUT2D eigenvalue weighted by Crippen LogP contribution is -2.04. The summed E-state index contributed by atoms with van der Waals surface area (Å²) in [7, 11) is 0. The zero-order valence-corrected chi connectivity index (χ0v) is 12.3. The van der Waals surface area contributed by atoms with E-state index >= 15 is 0 Å². The number of unbranched alkanes of at least 4 members (excludes halogenated alkanes) is 1. The zero-order valence-electron chi connectivity index (χ0n) is 12.3. The van der Waals surface area contributed by atoms with Gasteiger partial charge in [0.25, 0.3) is 0 Å². The van der Waals surface area contributed by atoms with E-state index in [2.05, 4.69) is 44.2 Å². The number of hydrogen-bond acceptors (Lipinski definition) is 2. The molecule has 0 amide bonds. The van der Waals surface area contributed by atoms with E-state index in [0.29, 0.717) is 5.92 Å². The average Bonchev–Trinajstić information content (AvgIpc) is 2.73. The second kappa shape index (κ2) is 5.85. The highest BCUT2D eigenvalue weighted by Crippen LogP contribution is 2.48. The molecule has 1 aliphatic carbocycles. The van der Waals surface area contributed by atoms with Crippen LogP contribution >= 0.6 is 0 Å². The lowest BCUT2D eigenvalue weighted by atomic mass is 10.1. The highest BCUT2D eigenvalue weighted by atomic mass is 15.4. The Morgan fingerprint density at radius 3 is 2.56 bits per heavy atom.